The Labute approximate surface area is 273 Å². The molecule has 9 nitrogen and oxygen atoms in total. The molecule has 1 aliphatic rings. The van der Waals surface area contributed by atoms with Gasteiger partial charge in [-0.25, -0.2) is 0 Å². The summed E-state index contributed by atoms with van der Waals surface area (Å²) in [6, 6.07) is 22.6. The number of hydrogen-bond acceptors (Lipinski definition) is 8. The van der Waals surface area contributed by atoms with Crippen LogP contribution in [-0.2, 0) is 38.5 Å². The quantitative estimate of drug-likeness (QED) is 0.280. The van der Waals surface area contributed by atoms with E-state index in [1.54, 1.807) is 0 Å². The summed E-state index contributed by atoms with van der Waals surface area (Å²) in [6.45, 7) is 10.8. The lowest BCUT2D eigenvalue weighted by molar-refractivity contribution is -0.686. The van der Waals surface area contributed by atoms with Gasteiger partial charge in [-0.3, -0.25) is 0 Å². The van der Waals surface area contributed by atoms with Gasteiger partial charge < -0.3 is 43.2 Å². The zero-order valence-corrected chi connectivity index (χ0v) is 27.0. The van der Waals surface area contributed by atoms with E-state index in [4.69, 9.17) is 37.9 Å². The molecule has 2 N–H and O–H groups in total. The second-order valence-corrected chi connectivity index (χ2v) is 10.8. The molecule has 9 heteroatoms. The number of rotatable bonds is 8. The lowest BCUT2D eigenvalue weighted by atomic mass is 10.1. The maximum atomic E-state index is 6.11. The number of nitrogens with two attached hydrogens (primary N) is 1. The van der Waals surface area contributed by atoms with Gasteiger partial charge in [-0.1, -0.05) is 42.5 Å². The topological polar surface area (TPSA) is 90.5 Å². The third kappa shape index (κ3) is 13.8. The van der Waals surface area contributed by atoms with E-state index < -0.39 is 0 Å². The van der Waals surface area contributed by atoms with Crippen molar-refractivity contribution < 1.29 is 43.2 Å². The molecule has 0 atom stereocenters. The number of ether oxygens (including phenoxy) is 8. The number of hydrogen-bond donors (Lipinski definition) is 1. The standard InChI is InChI=1S/C37H49NO8/c1-2-3-4-7-31-10-12-32(13-11-31)29-38-30-33-14-15-36-37(28-33)46-27-23-42-19-18-40-21-25-44-35-9-6-5-8-34(35)43-24-20-39-16-17-41-22-26-45-36/h2,5-6,8-15,28,38H,1,3-4,7,16-27,29-30H2/p+1. The molecule has 1 aliphatic heterocycles. The van der Waals surface area contributed by atoms with Crippen LogP contribution in [0.3, 0.4) is 0 Å². The number of quaternary nitrogens is 1. The van der Waals surface area contributed by atoms with E-state index in [1.807, 2.05) is 36.4 Å². The van der Waals surface area contributed by atoms with E-state index in [0.29, 0.717) is 102 Å². The molecule has 250 valence electrons. The number of para-hydroxylation sites is 2. The van der Waals surface area contributed by atoms with Crippen molar-refractivity contribution in [1.29, 1.82) is 0 Å². The van der Waals surface area contributed by atoms with Crippen LogP contribution in [-0.4, -0.2) is 79.3 Å². The zero-order chi connectivity index (χ0) is 31.9. The molecule has 4 rings (SSSR count). The molecule has 0 aliphatic carbocycles. The first-order chi connectivity index (χ1) is 22.8. The van der Waals surface area contributed by atoms with E-state index in [-0.39, 0.29) is 0 Å². The summed E-state index contributed by atoms with van der Waals surface area (Å²) in [4.78, 5) is 0. The summed E-state index contributed by atoms with van der Waals surface area (Å²) in [5, 5.41) is 2.30. The highest BCUT2D eigenvalue weighted by Gasteiger charge is 2.10. The highest BCUT2D eigenvalue weighted by Crippen LogP contribution is 2.28. The van der Waals surface area contributed by atoms with E-state index in [2.05, 4.69) is 48.3 Å². The van der Waals surface area contributed by atoms with Crippen molar-refractivity contribution in [1.82, 2.24) is 0 Å². The predicted octanol–water partition coefficient (Wildman–Crippen LogP) is 4.75. The van der Waals surface area contributed by atoms with Gasteiger partial charge in [-0.15, -0.1) is 6.58 Å². The van der Waals surface area contributed by atoms with Crippen molar-refractivity contribution in [2.24, 2.45) is 0 Å². The van der Waals surface area contributed by atoms with Crippen molar-refractivity contribution in [3.63, 3.8) is 0 Å². The van der Waals surface area contributed by atoms with Crippen LogP contribution in [0.15, 0.2) is 79.4 Å². The normalized spacial score (nSPS) is 16.2. The van der Waals surface area contributed by atoms with Crippen molar-refractivity contribution in [2.75, 3.05) is 79.3 Å². The Morgan fingerprint density at radius 3 is 1.48 bits per heavy atom. The molecule has 3 aromatic rings. The number of unbranched alkanes of at least 4 members (excludes halogenated alkanes) is 1. The first-order valence-electron chi connectivity index (χ1n) is 16.4. The third-order valence-electron chi connectivity index (χ3n) is 7.20. The smallest absolute Gasteiger partial charge is 0.161 e. The number of fused-ring (bicyclic) bond motifs is 2. The Kier molecular flexibility index (Phi) is 16.9. The molecular weight excluding hydrogens is 586 g/mol. The predicted molar refractivity (Wildman–Crippen MR) is 177 cm³/mol. The van der Waals surface area contributed by atoms with E-state index >= 15 is 0 Å². The molecule has 0 unspecified atom stereocenters. The van der Waals surface area contributed by atoms with Crippen LogP contribution in [0, 0.1) is 0 Å². The van der Waals surface area contributed by atoms with Crippen LogP contribution in [0.5, 0.6) is 23.0 Å². The van der Waals surface area contributed by atoms with Gasteiger partial charge in [-0.05, 0) is 55.2 Å². The first kappa shape index (κ1) is 35.3. The van der Waals surface area contributed by atoms with Crippen LogP contribution in [0.2, 0.25) is 0 Å². The molecule has 1 heterocycles. The molecule has 0 saturated heterocycles. The number of benzene rings is 3. The molecule has 0 saturated carbocycles. The van der Waals surface area contributed by atoms with Crippen molar-refractivity contribution in [3.05, 3.63) is 96.1 Å². The van der Waals surface area contributed by atoms with Gasteiger partial charge in [-0.2, -0.15) is 0 Å². The Hall–Kier alpha value is -3.60. The van der Waals surface area contributed by atoms with Crippen molar-refractivity contribution in [3.8, 4) is 23.0 Å². The zero-order valence-electron chi connectivity index (χ0n) is 27.0. The third-order valence-corrected chi connectivity index (χ3v) is 7.20. The molecule has 46 heavy (non-hydrogen) atoms. The average molecular weight is 637 g/mol. The Balaban J connectivity index is 1.24. The minimum Gasteiger partial charge on any atom is -0.487 e. The summed E-state index contributed by atoms with van der Waals surface area (Å²) in [6.07, 6.45) is 5.27. The minimum atomic E-state index is 0.399. The van der Waals surface area contributed by atoms with Gasteiger partial charge >= 0.3 is 0 Å². The lowest BCUT2D eigenvalue weighted by Crippen LogP contribution is -2.80. The van der Waals surface area contributed by atoms with Gasteiger partial charge in [0.2, 0.25) is 0 Å². The summed E-state index contributed by atoms with van der Waals surface area (Å²) in [5.41, 5.74) is 3.85. The summed E-state index contributed by atoms with van der Waals surface area (Å²) >= 11 is 0. The molecule has 0 aromatic heterocycles. The average Bonchev–Trinajstić information content (AvgIpc) is 3.08. The van der Waals surface area contributed by atoms with Crippen LogP contribution in [0.25, 0.3) is 0 Å². The maximum absolute atomic E-state index is 6.11. The van der Waals surface area contributed by atoms with Gasteiger partial charge in [0.15, 0.2) is 23.0 Å². The van der Waals surface area contributed by atoms with Crippen LogP contribution < -0.4 is 24.3 Å². The number of aryl methyl sites for hydroxylation is 1. The van der Waals surface area contributed by atoms with E-state index in [0.717, 1.165) is 37.9 Å². The molecule has 0 fully saturated rings. The van der Waals surface area contributed by atoms with Crippen LogP contribution in [0.1, 0.15) is 29.5 Å². The molecule has 3 aromatic carbocycles. The molecular formula is C37H50NO8+. The SMILES string of the molecule is C=CCCCc1ccc(C[NH2+]Cc2ccc3c(c2)OCCOCCOCCOc2ccccc2OCCOCCOCCO3)cc1. The number of allylic oxidation sites excluding steroid dienone is 1. The van der Waals surface area contributed by atoms with Crippen molar-refractivity contribution >= 4 is 0 Å². The van der Waals surface area contributed by atoms with Gasteiger partial charge in [0, 0.05) is 11.1 Å². The molecule has 0 bridgehead atoms. The van der Waals surface area contributed by atoms with Crippen LogP contribution in [0.4, 0.5) is 0 Å². The molecule has 0 amide bonds. The highest BCUT2D eigenvalue weighted by atomic mass is 16.6. The van der Waals surface area contributed by atoms with Gasteiger partial charge in [0.25, 0.3) is 0 Å². The Morgan fingerprint density at radius 1 is 0.500 bits per heavy atom. The Bertz CT molecular complexity index is 1250. The van der Waals surface area contributed by atoms with Crippen LogP contribution >= 0.6 is 0 Å². The summed E-state index contributed by atoms with van der Waals surface area (Å²) < 4.78 is 46.6. The first-order valence-corrected chi connectivity index (χ1v) is 16.4. The largest absolute Gasteiger partial charge is 0.487 e. The lowest BCUT2D eigenvalue weighted by Gasteiger charge is -2.15. The second kappa shape index (κ2) is 22.0. The fourth-order valence-corrected chi connectivity index (χ4v) is 4.78. The second-order valence-electron chi connectivity index (χ2n) is 10.8. The van der Waals surface area contributed by atoms with Gasteiger partial charge in [0.1, 0.15) is 39.5 Å². The van der Waals surface area contributed by atoms with Crippen molar-refractivity contribution in [2.45, 2.75) is 32.4 Å². The molecule has 0 radical (unpaired) electrons. The fraction of sp³-hybridized carbons (Fsp3) is 0.459. The van der Waals surface area contributed by atoms with E-state index in [9.17, 15) is 0 Å². The maximum Gasteiger partial charge on any atom is 0.161 e. The monoisotopic (exact) mass is 636 g/mol. The summed E-state index contributed by atoms with van der Waals surface area (Å²) in [7, 11) is 0. The fourth-order valence-electron chi connectivity index (χ4n) is 4.78. The van der Waals surface area contributed by atoms with E-state index in [1.165, 1.54) is 11.1 Å². The summed E-state index contributed by atoms with van der Waals surface area (Å²) in [5.74, 6) is 2.74. The minimum absolute atomic E-state index is 0.399. The van der Waals surface area contributed by atoms with Gasteiger partial charge in [0.05, 0.1) is 52.9 Å². The molecule has 0 spiro atoms. The highest BCUT2D eigenvalue weighted by molar-refractivity contribution is 5.43. The Morgan fingerprint density at radius 2 is 0.935 bits per heavy atom.